The van der Waals surface area contributed by atoms with Gasteiger partial charge in [-0.25, -0.2) is 9.67 Å². The van der Waals surface area contributed by atoms with Gasteiger partial charge in [-0.05, 0) is 49.7 Å². The second-order valence-electron chi connectivity index (χ2n) is 6.90. The highest BCUT2D eigenvalue weighted by Gasteiger charge is 2.20. The maximum atomic E-state index is 12.9. The highest BCUT2D eigenvalue weighted by molar-refractivity contribution is 9.10. The number of aryl methyl sites for hydroxylation is 2. The molecule has 1 N–H and O–H groups in total. The van der Waals surface area contributed by atoms with Crippen molar-refractivity contribution in [3.63, 3.8) is 0 Å². The van der Waals surface area contributed by atoms with Crippen LogP contribution in [0.1, 0.15) is 21.7 Å². The Kier molecular flexibility index (Phi) is 5.70. The summed E-state index contributed by atoms with van der Waals surface area (Å²) in [7, 11) is 0. The van der Waals surface area contributed by atoms with Crippen molar-refractivity contribution < 1.29 is 4.79 Å². The molecule has 0 saturated heterocycles. The number of aromatic nitrogens is 3. The third kappa shape index (κ3) is 4.15. The molecule has 1 aromatic heterocycles. The minimum Gasteiger partial charge on any atom is -0.318 e. The van der Waals surface area contributed by atoms with Gasteiger partial charge in [-0.3, -0.25) is 4.79 Å². The Bertz CT molecular complexity index is 1130. The van der Waals surface area contributed by atoms with Crippen molar-refractivity contribution in [2.24, 2.45) is 0 Å². The highest BCUT2D eigenvalue weighted by atomic mass is 79.9. The third-order valence-corrected chi connectivity index (χ3v) is 5.50. The maximum Gasteiger partial charge on any atom is 0.295 e. The quantitative estimate of drug-likeness (QED) is 0.376. The first-order valence-corrected chi connectivity index (χ1v) is 10.5. The molecule has 5 nitrogen and oxygen atoms in total. The molecule has 1 heterocycles. The third-order valence-electron chi connectivity index (χ3n) is 4.65. The van der Waals surface area contributed by atoms with Gasteiger partial charge in [0.05, 0.1) is 16.4 Å². The maximum absolute atomic E-state index is 12.9. The Hall–Kier alpha value is -2.96. The summed E-state index contributed by atoms with van der Waals surface area (Å²) in [6.45, 7) is 3.90. The van der Waals surface area contributed by atoms with Crippen LogP contribution in [-0.2, 0) is 0 Å². The summed E-state index contributed by atoms with van der Waals surface area (Å²) < 4.78 is 2.64. The van der Waals surface area contributed by atoms with Gasteiger partial charge in [0.1, 0.15) is 0 Å². The number of hydrogen-bond acceptors (Lipinski definition) is 3. The molecule has 0 aliphatic carbocycles. The van der Waals surface area contributed by atoms with E-state index >= 15 is 0 Å². The molecule has 4 aromatic rings. The summed E-state index contributed by atoms with van der Waals surface area (Å²) >= 11 is 9.70. The number of nitrogens with zero attached hydrogens (tertiary/aromatic N) is 3. The number of para-hydroxylation sites is 1. The Balaban J connectivity index is 1.77. The highest BCUT2D eigenvalue weighted by Crippen LogP contribution is 2.27. The lowest BCUT2D eigenvalue weighted by Gasteiger charge is -2.08. The second-order valence-corrected chi connectivity index (χ2v) is 8.22. The zero-order chi connectivity index (χ0) is 21.3. The second kappa shape index (κ2) is 8.42. The summed E-state index contributed by atoms with van der Waals surface area (Å²) in [5.74, 6) is 0.218. The lowest BCUT2D eigenvalue weighted by Crippen LogP contribution is -2.15. The van der Waals surface area contributed by atoms with E-state index in [1.807, 2.05) is 74.5 Å². The van der Waals surface area contributed by atoms with Gasteiger partial charge in [0, 0.05) is 10.0 Å². The summed E-state index contributed by atoms with van der Waals surface area (Å²) in [5.41, 5.74) is 4.22. The Labute approximate surface area is 187 Å². The minimum absolute atomic E-state index is 0.0628. The van der Waals surface area contributed by atoms with Crippen LogP contribution < -0.4 is 5.32 Å². The molecule has 150 valence electrons. The van der Waals surface area contributed by atoms with Crippen molar-refractivity contribution in [1.82, 2.24) is 14.8 Å². The lowest BCUT2D eigenvalue weighted by atomic mass is 10.2. The number of carbonyl (C=O) groups excluding carboxylic acids is 1. The number of amides is 1. The SMILES string of the molecule is Cc1ccc(-n2nc(C(=O)Nc3c(C)cccc3Cl)nc2-c2ccc(Br)cc2)cc1. The van der Waals surface area contributed by atoms with E-state index in [0.29, 0.717) is 16.5 Å². The monoisotopic (exact) mass is 480 g/mol. The van der Waals surface area contributed by atoms with Crippen LogP contribution in [0.5, 0.6) is 0 Å². The first kappa shape index (κ1) is 20.3. The molecule has 30 heavy (non-hydrogen) atoms. The molecule has 0 aliphatic heterocycles. The van der Waals surface area contributed by atoms with Gasteiger partial charge in [-0.15, -0.1) is 5.10 Å². The number of anilines is 1. The Morgan fingerprint density at radius 3 is 2.37 bits per heavy atom. The van der Waals surface area contributed by atoms with Gasteiger partial charge in [0.2, 0.25) is 5.82 Å². The Morgan fingerprint density at radius 1 is 1.00 bits per heavy atom. The predicted molar refractivity (Wildman–Crippen MR) is 123 cm³/mol. The number of nitrogens with one attached hydrogen (secondary N) is 1. The van der Waals surface area contributed by atoms with Crippen molar-refractivity contribution in [3.05, 3.63) is 93.2 Å². The topological polar surface area (TPSA) is 59.8 Å². The van der Waals surface area contributed by atoms with E-state index in [2.05, 4.69) is 31.3 Å². The van der Waals surface area contributed by atoms with Gasteiger partial charge in [0.15, 0.2) is 5.82 Å². The smallest absolute Gasteiger partial charge is 0.295 e. The zero-order valence-electron chi connectivity index (χ0n) is 16.4. The largest absolute Gasteiger partial charge is 0.318 e. The van der Waals surface area contributed by atoms with Crippen LogP contribution in [0.2, 0.25) is 5.02 Å². The molecule has 0 unspecified atom stereocenters. The van der Waals surface area contributed by atoms with E-state index in [1.165, 1.54) is 0 Å². The fourth-order valence-electron chi connectivity index (χ4n) is 3.02. The predicted octanol–water partition coefficient (Wildman–Crippen LogP) is 6.22. The molecular formula is C23H18BrClN4O. The number of hydrogen-bond donors (Lipinski definition) is 1. The molecule has 1 amide bonds. The molecule has 4 rings (SSSR count). The molecule has 0 fully saturated rings. The van der Waals surface area contributed by atoms with Gasteiger partial charge in [-0.2, -0.15) is 0 Å². The first-order valence-electron chi connectivity index (χ1n) is 9.29. The molecule has 0 saturated carbocycles. The molecule has 7 heteroatoms. The average Bonchev–Trinajstić information content (AvgIpc) is 3.17. The van der Waals surface area contributed by atoms with Crippen LogP contribution in [-0.4, -0.2) is 20.7 Å². The number of halogens is 2. The summed E-state index contributed by atoms with van der Waals surface area (Å²) in [6.07, 6.45) is 0. The van der Waals surface area contributed by atoms with E-state index in [4.69, 9.17) is 11.6 Å². The van der Waals surface area contributed by atoms with Crippen LogP contribution >= 0.6 is 27.5 Å². The minimum atomic E-state index is -0.421. The fourth-order valence-corrected chi connectivity index (χ4v) is 3.55. The van der Waals surface area contributed by atoms with Crippen molar-refractivity contribution in [1.29, 1.82) is 0 Å². The van der Waals surface area contributed by atoms with E-state index in [9.17, 15) is 4.79 Å². The first-order chi connectivity index (χ1) is 14.4. The van der Waals surface area contributed by atoms with Crippen LogP contribution in [0.25, 0.3) is 17.1 Å². The van der Waals surface area contributed by atoms with Crippen LogP contribution in [0.15, 0.2) is 71.2 Å². The van der Waals surface area contributed by atoms with Crippen molar-refractivity contribution in [2.45, 2.75) is 13.8 Å². The standard InChI is InChI=1S/C23H18BrClN4O/c1-14-6-12-18(13-7-14)29-22(16-8-10-17(24)11-9-16)27-21(28-29)23(30)26-20-15(2)4-3-5-19(20)25/h3-13H,1-2H3,(H,26,30). The van der Waals surface area contributed by atoms with Gasteiger partial charge >= 0.3 is 0 Å². The summed E-state index contributed by atoms with van der Waals surface area (Å²) in [6, 6.07) is 21.1. The Morgan fingerprint density at radius 2 is 1.70 bits per heavy atom. The fraction of sp³-hybridized carbons (Fsp3) is 0.0870. The molecular weight excluding hydrogens is 464 g/mol. The molecule has 0 bridgehead atoms. The van der Waals surface area contributed by atoms with Gasteiger partial charge in [-0.1, -0.05) is 69.5 Å². The molecule has 0 radical (unpaired) electrons. The summed E-state index contributed by atoms with van der Waals surface area (Å²) in [4.78, 5) is 17.5. The van der Waals surface area contributed by atoms with Gasteiger partial charge in [0.25, 0.3) is 5.91 Å². The van der Waals surface area contributed by atoms with Crippen LogP contribution in [0.4, 0.5) is 5.69 Å². The van der Waals surface area contributed by atoms with E-state index in [-0.39, 0.29) is 5.82 Å². The zero-order valence-corrected chi connectivity index (χ0v) is 18.7. The molecule has 0 aliphatic rings. The lowest BCUT2D eigenvalue weighted by molar-refractivity contribution is 0.101. The van der Waals surface area contributed by atoms with Crippen molar-refractivity contribution in [3.8, 4) is 17.1 Å². The van der Waals surface area contributed by atoms with E-state index in [0.717, 1.165) is 26.9 Å². The van der Waals surface area contributed by atoms with E-state index in [1.54, 1.807) is 10.7 Å². The van der Waals surface area contributed by atoms with Gasteiger partial charge < -0.3 is 5.32 Å². The normalized spacial score (nSPS) is 10.8. The number of rotatable bonds is 4. The van der Waals surface area contributed by atoms with E-state index < -0.39 is 5.91 Å². The molecule has 0 atom stereocenters. The van der Waals surface area contributed by atoms with Crippen LogP contribution in [0, 0.1) is 13.8 Å². The summed E-state index contributed by atoms with van der Waals surface area (Å²) in [5, 5.41) is 7.81. The average molecular weight is 482 g/mol. The number of benzene rings is 3. The van der Waals surface area contributed by atoms with Crippen molar-refractivity contribution >= 4 is 39.1 Å². The van der Waals surface area contributed by atoms with Crippen LogP contribution in [0.3, 0.4) is 0 Å². The molecule has 0 spiro atoms. The van der Waals surface area contributed by atoms with Crippen molar-refractivity contribution in [2.75, 3.05) is 5.32 Å². The molecule has 3 aromatic carbocycles. The number of carbonyl (C=O) groups is 1.